The molecule has 0 heterocycles. The predicted octanol–water partition coefficient (Wildman–Crippen LogP) is 3.58. The van der Waals surface area contributed by atoms with Crippen LogP contribution in [0.2, 0.25) is 5.02 Å². The number of carbonyl (C=O) groups excluding carboxylic acids is 1. The lowest BCUT2D eigenvalue weighted by molar-refractivity contribution is -0.122. The van der Waals surface area contributed by atoms with Crippen LogP contribution in [-0.4, -0.2) is 18.1 Å². The average Bonchev–Trinajstić information content (AvgIpc) is 2.41. The zero-order chi connectivity index (χ0) is 15.5. The number of carbonyl (C=O) groups is 1. The first kappa shape index (κ1) is 16.1. The Labute approximate surface area is 131 Å². The van der Waals surface area contributed by atoms with Crippen molar-refractivity contribution in [3.8, 4) is 5.75 Å². The van der Waals surface area contributed by atoms with Crippen molar-refractivity contribution >= 4 is 23.2 Å². The van der Waals surface area contributed by atoms with Gasteiger partial charge < -0.3 is 15.8 Å². The highest BCUT2D eigenvalue weighted by molar-refractivity contribution is 6.31. The van der Waals surface area contributed by atoms with E-state index < -0.39 is 5.54 Å². The molecule has 0 saturated heterocycles. The van der Waals surface area contributed by atoms with Crippen molar-refractivity contribution in [2.45, 2.75) is 45.1 Å². The number of anilines is 1. The maximum Gasteiger partial charge on any atom is 0.244 e. The number of nitrogens with one attached hydrogen (secondary N) is 1. The summed E-state index contributed by atoms with van der Waals surface area (Å²) in [5.74, 6) is 0.931. The highest BCUT2D eigenvalue weighted by atomic mass is 35.5. The molecule has 2 atom stereocenters. The molecule has 1 aliphatic carbocycles. The van der Waals surface area contributed by atoms with E-state index in [0.717, 1.165) is 12.8 Å². The molecule has 5 heteroatoms. The summed E-state index contributed by atoms with van der Waals surface area (Å²) in [5, 5.41) is 3.45. The van der Waals surface area contributed by atoms with Gasteiger partial charge in [-0.3, -0.25) is 4.79 Å². The fourth-order valence-corrected chi connectivity index (χ4v) is 3.10. The molecule has 0 radical (unpaired) electrons. The predicted molar refractivity (Wildman–Crippen MR) is 85.8 cm³/mol. The molecule has 0 bridgehead atoms. The topological polar surface area (TPSA) is 64.3 Å². The molecule has 116 valence electrons. The van der Waals surface area contributed by atoms with E-state index in [1.54, 1.807) is 18.2 Å². The Kier molecular flexibility index (Phi) is 5.12. The third-order valence-electron chi connectivity index (χ3n) is 3.97. The zero-order valence-electron chi connectivity index (χ0n) is 12.6. The summed E-state index contributed by atoms with van der Waals surface area (Å²) < 4.78 is 5.52. The summed E-state index contributed by atoms with van der Waals surface area (Å²) in [5.41, 5.74) is 6.10. The molecule has 1 aliphatic rings. The van der Waals surface area contributed by atoms with Gasteiger partial charge in [0.2, 0.25) is 5.91 Å². The minimum Gasteiger partial charge on any atom is -0.492 e. The van der Waals surface area contributed by atoms with Crippen LogP contribution in [-0.2, 0) is 4.79 Å². The molecule has 3 N–H and O–H groups in total. The number of benzene rings is 1. The molecule has 0 aromatic heterocycles. The van der Waals surface area contributed by atoms with Crippen LogP contribution in [0.5, 0.6) is 5.75 Å². The molecular weight excluding hydrogens is 288 g/mol. The monoisotopic (exact) mass is 310 g/mol. The molecule has 0 spiro atoms. The molecule has 2 unspecified atom stereocenters. The van der Waals surface area contributed by atoms with Crippen LogP contribution in [0.15, 0.2) is 18.2 Å². The molecule has 2 rings (SSSR count). The van der Waals surface area contributed by atoms with Gasteiger partial charge in [-0.2, -0.15) is 0 Å². The highest BCUT2D eigenvalue weighted by Gasteiger charge is 2.38. The molecular formula is C16H23ClN2O2. The molecule has 1 aromatic rings. The van der Waals surface area contributed by atoms with Gasteiger partial charge >= 0.3 is 0 Å². The molecule has 0 aliphatic heterocycles. The maximum absolute atomic E-state index is 12.6. The number of hydrogen-bond donors (Lipinski definition) is 2. The van der Waals surface area contributed by atoms with Crippen LogP contribution in [0.3, 0.4) is 0 Å². The SMILES string of the molecule is CCOc1ccc(Cl)cc1NC(=O)C1(N)CCCC(C)C1. The zero-order valence-corrected chi connectivity index (χ0v) is 13.4. The van der Waals surface area contributed by atoms with E-state index in [9.17, 15) is 4.79 Å². The fourth-order valence-electron chi connectivity index (χ4n) is 2.93. The Morgan fingerprint density at radius 2 is 2.33 bits per heavy atom. The summed E-state index contributed by atoms with van der Waals surface area (Å²) in [6.45, 7) is 4.56. The summed E-state index contributed by atoms with van der Waals surface area (Å²) in [4.78, 5) is 12.6. The Balaban J connectivity index is 2.17. The van der Waals surface area contributed by atoms with Crippen LogP contribution in [0, 0.1) is 5.92 Å². The number of halogens is 1. The van der Waals surface area contributed by atoms with Crippen LogP contribution in [0.1, 0.15) is 39.5 Å². The smallest absolute Gasteiger partial charge is 0.244 e. The number of amides is 1. The average molecular weight is 311 g/mol. The van der Waals surface area contributed by atoms with Crippen LogP contribution < -0.4 is 15.8 Å². The van der Waals surface area contributed by atoms with Crippen molar-refractivity contribution in [2.75, 3.05) is 11.9 Å². The summed E-state index contributed by atoms with van der Waals surface area (Å²) >= 11 is 6.01. The van der Waals surface area contributed by atoms with E-state index in [1.807, 2.05) is 6.92 Å². The number of nitrogens with two attached hydrogens (primary N) is 1. The van der Waals surface area contributed by atoms with E-state index in [4.69, 9.17) is 22.1 Å². The molecule has 21 heavy (non-hydrogen) atoms. The molecule has 1 aromatic carbocycles. The largest absolute Gasteiger partial charge is 0.492 e. The third-order valence-corrected chi connectivity index (χ3v) is 4.21. The molecule has 1 fully saturated rings. The Hall–Kier alpha value is -1.26. The number of ether oxygens (including phenoxy) is 1. The van der Waals surface area contributed by atoms with E-state index >= 15 is 0 Å². The van der Waals surface area contributed by atoms with Gasteiger partial charge in [0.25, 0.3) is 0 Å². The lowest BCUT2D eigenvalue weighted by Crippen LogP contribution is -2.53. The van der Waals surface area contributed by atoms with Crippen LogP contribution in [0.4, 0.5) is 5.69 Å². The maximum atomic E-state index is 12.6. The first-order valence-corrected chi connectivity index (χ1v) is 7.85. The van der Waals surface area contributed by atoms with Crippen molar-refractivity contribution in [1.82, 2.24) is 0 Å². The van der Waals surface area contributed by atoms with Crippen molar-refractivity contribution in [3.63, 3.8) is 0 Å². The molecule has 1 amide bonds. The second-order valence-corrected chi connectivity index (χ2v) is 6.32. The number of rotatable bonds is 4. The fraction of sp³-hybridized carbons (Fsp3) is 0.562. The van der Waals surface area contributed by atoms with Crippen LogP contribution >= 0.6 is 11.6 Å². The lowest BCUT2D eigenvalue weighted by atomic mass is 9.76. The second-order valence-electron chi connectivity index (χ2n) is 5.89. The normalized spacial score (nSPS) is 25.4. The van der Waals surface area contributed by atoms with Crippen molar-refractivity contribution in [2.24, 2.45) is 11.7 Å². The summed E-state index contributed by atoms with van der Waals surface area (Å²) in [7, 11) is 0. The van der Waals surface area contributed by atoms with Gasteiger partial charge in [0.15, 0.2) is 0 Å². The van der Waals surface area contributed by atoms with E-state index in [-0.39, 0.29) is 5.91 Å². The minimum absolute atomic E-state index is 0.155. The Morgan fingerprint density at radius 3 is 3.00 bits per heavy atom. The van der Waals surface area contributed by atoms with Gasteiger partial charge in [-0.05, 0) is 43.9 Å². The standard InChI is InChI=1S/C16H23ClN2O2/c1-3-21-14-7-6-12(17)9-13(14)19-15(20)16(18)8-4-5-11(2)10-16/h6-7,9,11H,3-5,8,10,18H2,1-2H3,(H,19,20). The Morgan fingerprint density at radius 1 is 1.57 bits per heavy atom. The Bertz CT molecular complexity index is 521. The highest BCUT2D eigenvalue weighted by Crippen LogP contribution is 2.33. The van der Waals surface area contributed by atoms with Crippen LogP contribution in [0.25, 0.3) is 0 Å². The first-order valence-electron chi connectivity index (χ1n) is 7.47. The van der Waals surface area contributed by atoms with Gasteiger partial charge in [0, 0.05) is 5.02 Å². The van der Waals surface area contributed by atoms with E-state index in [0.29, 0.717) is 41.8 Å². The summed E-state index contributed by atoms with van der Waals surface area (Å²) in [6.07, 6.45) is 3.55. The van der Waals surface area contributed by atoms with Gasteiger partial charge in [-0.15, -0.1) is 0 Å². The molecule has 4 nitrogen and oxygen atoms in total. The van der Waals surface area contributed by atoms with Gasteiger partial charge in [-0.25, -0.2) is 0 Å². The first-order chi connectivity index (χ1) is 9.94. The van der Waals surface area contributed by atoms with Crippen molar-refractivity contribution < 1.29 is 9.53 Å². The van der Waals surface area contributed by atoms with Crippen molar-refractivity contribution in [3.05, 3.63) is 23.2 Å². The minimum atomic E-state index is -0.802. The van der Waals surface area contributed by atoms with Gasteiger partial charge in [0.1, 0.15) is 5.75 Å². The molecule has 1 saturated carbocycles. The number of hydrogen-bond acceptors (Lipinski definition) is 3. The second kappa shape index (κ2) is 6.67. The van der Waals surface area contributed by atoms with Gasteiger partial charge in [0.05, 0.1) is 17.8 Å². The van der Waals surface area contributed by atoms with Crippen molar-refractivity contribution in [1.29, 1.82) is 0 Å². The lowest BCUT2D eigenvalue weighted by Gasteiger charge is -2.35. The van der Waals surface area contributed by atoms with E-state index in [2.05, 4.69) is 12.2 Å². The summed E-state index contributed by atoms with van der Waals surface area (Å²) in [6, 6.07) is 5.19. The quantitative estimate of drug-likeness (QED) is 0.893. The third kappa shape index (κ3) is 3.89. The van der Waals surface area contributed by atoms with E-state index in [1.165, 1.54) is 0 Å². The van der Waals surface area contributed by atoms with Gasteiger partial charge in [-0.1, -0.05) is 31.4 Å².